The van der Waals surface area contributed by atoms with E-state index in [9.17, 15) is 14.4 Å². The first-order valence-electron chi connectivity index (χ1n) is 8.63. The predicted molar refractivity (Wildman–Crippen MR) is 100 cm³/mol. The topological polar surface area (TPSA) is 87.7 Å². The second-order valence-electron chi connectivity index (χ2n) is 6.14. The molecule has 0 spiro atoms. The van der Waals surface area contributed by atoms with Gasteiger partial charge >= 0.3 is 0 Å². The molecule has 0 aromatic heterocycles. The van der Waals surface area contributed by atoms with Gasteiger partial charge in [-0.05, 0) is 17.7 Å². The van der Waals surface area contributed by atoms with Crippen molar-refractivity contribution in [1.82, 2.24) is 10.2 Å². The Bertz CT molecular complexity index is 838. The minimum Gasteiger partial charge on any atom is -0.383 e. The van der Waals surface area contributed by atoms with Crippen molar-refractivity contribution in [3.05, 3.63) is 65.7 Å². The Kier molecular flexibility index (Phi) is 5.83. The zero-order chi connectivity index (χ0) is 19.2. The van der Waals surface area contributed by atoms with E-state index in [2.05, 4.69) is 10.6 Å². The summed E-state index contributed by atoms with van der Waals surface area (Å²) in [5, 5.41) is 5.35. The zero-order valence-corrected chi connectivity index (χ0v) is 15.0. The monoisotopic (exact) mass is 367 g/mol. The number of rotatable bonds is 6. The first kappa shape index (κ1) is 18.6. The number of hydrogen-bond donors (Lipinski definition) is 2. The van der Waals surface area contributed by atoms with Crippen LogP contribution in [0.25, 0.3) is 0 Å². The zero-order valence-electron chi connectivity index (χ0n) is 15.0. The van der Waals surface area contributed by atoms with Crippen molar-refractivity contribution in [2.45, 2.75) is 12.6 Å². The van der Waals surface area contributed by atoms with Gasteiger partial charge in [-0.3, -0.25) is 14.4 Å². The Morgan fingerprint density at radius 3 is 2.56 bits per heavy atom. The molecule has 2 aromatic rings. The van der Waals surface area contributed by atoms with Gasteiger partial charge in [-0.1, -0.05) is 42.5 Å². The van der Waals surface area contributed by atoms with Crippen LogP contribution in [0.4, 0.5) is 5.69 Å². The van der Waals surface area contributed by atoms with E-state index in [-0.39, 0.29) is 19.0 Å². The van der Waals surface area contributed by atoms with Crippen molar-refractivity contribution in [2.24, 2.45) is 0 Å². The molecule has 1 atom stereocenters. The molecule has 2 aromatic carbocycles. The first-order valence-corrected chi connectivity index (χ1v) is 8.63. The highest BCUT2D eigenvalue weighted by atomic mass is 16.5. The lowest BCUT2D eigenvalue weighted by Crippen LogP contribution is -2.54. The molecule has 0 saturated heterocycles. The first-order chi connectivity index (χ1) is 13.1. The standard InChI is InChI=1S/C20H21N3O4/c1-27-12-11-21-18(24)17-19(25)22-16-10-6-5-9-15(16)20(26)23(17)13-14-7-3-2-4-8-14/h2-10,17H,11-13H2,1H3,(H,21,24)(H,22,25). The average molecular weight is 367 g/mol. The second-order valence-corrected chi connectivity index (χ2v) is 6.14. The summed E-state index contributed by atoms with van der Waals surface area (Å²) in [5.74, 6) is -1.46. The molecule has 7 nitrogen and oxygen atoms in total. The number of ether oxygens (including phenoxy) is 1. The lowest BCUT2D eigenvalue weighted by atomic mass is 10.1. The molecular weight excluding hydrogens is 346 g/mol. The number of nitrogens with one attached hydrogen (secondary N) is 2. The summed E-state index contributed by atoms with van der Waals surface area (Å²) in [4.78, 5) is 40.0. The van der Waals surface area contributed by atoms with E-state index in [0.717, 1.165) is 5.56 Å². The van der Waals surface area contributed by atoms with Crippen LogP contribution in [0, 0.1) is 0 Å². The third-order valence-electron chi connectivity index (χ3n) is 4.29. The number of hydrogen-bond acceptors (Lipinski definition) is 4. The van der Waals surface area contributed by atoms with Crippen LogP contribution < -0.4 is 10.6 Å². The summed E-state index contributed by atoms with van der Waals surface area (Å²) in [7, 11) is 1.52. The summed E-state index contributed by atoms with van der Waals surface area (Å²) >= 11 is 0. The molecule has 3 rings (SSSR count). The molecule has 1 aliphatic rings. The van der Waals surface area contributed by atoms with E-state index in [1.807, 2.05) is 30.3 Å². The van der Waals surface area contributed by atoms with Gasteiger partial charge < -0.3 is 20.3 Å². The Hall–Kier alpha value is -3.19. The van der Waals surface area contributed by atoms with Crippen molar-refractivity contribution >= 4 is 23.4 Å². The van der Waals surface area contributed by atoms with Crippen LogP contribution >= 0.6 is 0 Å². The second kappa shape index (κ2) is 8.46. The molecule has 1 heterocycles. The third-order valence-corrected chi connectivity index (χ3v) is 4.29. The fourth-order valence-corrected chi connectivity index (χ4v) is 2.97. The SMILES string of the molecule is COCCNC(=O)C1C(=O)Nc2ccccc2C(=O)N1Cc1ccccc1. The van der Waals surface area contributed by atoms with E-state index < -0.39 is 17.9 Å². The van der Waals surface area contributed by atoms with Gasteiger partial charge in [-0.2, -0.15) is 0 Å². The van der Waals surface area contributed by atoms with Gasteiger partial charge in [0.1, 0.15) is 0 Å². The minimum absolute atomic E-state index is 0.143. The molecule has 27 heavy (non-hydrogen) atoms. The van der Waals surface area contributed by atoms with Crippen LogP contribution in [-0.2, 0) is 20.9 Å². The Morgan fingerprint density at radius 2 is 1.81 bits per heavy atom. The van der Waals surface area contributed by atoms with Gasteiger partial charge in [-0.15, -0.1) is 0 Å². The Morgan fingerprint density at radius 1 is 1.11 bits per heavy atom. The normalized spacial score (nSPS) is 16.3. The van der Waals surface area contributed by atoms with Crippen molar-refractivity contribution in [2.75, 3.05) is 25.6 Å². The van der Waals surface area contributed by atoms with Crippen LogP contribution in [0.2, 0.25) is 0 Å². The van der Waals surface area contributed by atoms with E-state index >= 15 is 0 Å². The molecule has 2 N–H and O–H groups in total. The molecule has 0 bridgehead atoms. The van der Waals surface area contributed by atoms with Gasteiger partial charge in [-0.25, -0.2) is 0 Å². The molecular formula is C20H21N3O4. The smallest absolute Gasteiger partial charge is 0.257 e. The van der Waals surface area contributed by atoms with E-state index in [1.54, 1.807) is 24.3 Å². The van der Waals surface area contributed by atoms with Gasteiger partial charge in [0, 0.05) is 20.2 Å². The fourth-order valence-electron chi connectivity index (χ4n) is 2.97. The van der Waals surface area contributed by atoms with E-state index in [1.165, 1.54) is 12.0 Å². The van der Waals surface area contributed by atoms with Crippen molar-refractivity contribution in [1.29, 1.82) is 0 Å². The molecule has 1 aliphatic heterocycles. The summed E-state index contributed by atoms with van der Waals surface area (Å²) < 4.78 is 4.93. The molecule has 0 radical (unpaired) electrons. The molecule has 3 amide bonds. The molecule has 0 fully saturated rings. The van der Waals surface area contributed by atoms with Crippen molar-refractivity contribution in [3.63, 3.8) is 0 Å². The fraction of sp³-hybridized carbons (Fsp3) is 0.250. The number of anilines is 1. The van der Waals surface area contributed by atoms with Crippen LogP contribution in [-0.4, -0.2) is 48.9 Å². The Balaban J connectivity index is 1.96. The van der Waals surface area contributed by atoms with E-state index in [4.69, 9.17) is 4.74 Å². The summed E-state index contributed by atoms with van der Waals surface area (Å²) in [6, 6.07) is 14.7. The number of carbonyl (C=O) groups excluding carboxylic acids is 3. The van der Waals surface area contributed by atoms with Crippen LogP contribution in [0.1, 0.15) is 15.9 Å². The average Bonchev–Trinajstić information content (AvgIpc) is 2.78. The maximum Gasteiger partial charge on any atom is 0.257 e. The molecule has 7 heteroatoms. The third kappa shape index (κ3) is 4.15. The molecule has 0 saturated carbocycles. The number of benzene rings is 2. The van der Waals surface area contributed by atoms with Gasteiger partial charge in [0.25, 0.3) is 17.7 Å². The summed E-state index contributed by atoms with van der Waals surface area (Å²) in [6.45, 7) is 0.705. The number of fused-ring (bicyclic) bond motifs is 1. The minimum atomic E-state index is -1.28. The maximum atomic E-state index is 13.2. The number of para-hydroxylation sites is 1. The number of nitrogens with zero attached hydrogens (tertiary/aromatic N) is 1. The Labute approximate surface area is 157 Å². The maximum absolute atomic E-state index is 13.2. The highest BCUT2D eigenvalue weighted by Crippen LogP contribution is 2.24. The number of methoxy groups -OCH3 is 1. The molecule has 0 aliphatic carbocycles. The van der Waals surface area contributed by atoms with Crippen molar-refractivity contribution in [3.8, 4) is 0 Å². The predicted octanol–water partition coefficient (Wildman–Crippen LogP) is 1.41. The highest BCUT2D eigenvalue weighted by molar-refractivity contribution is 6.17. The molecule has 140 valence electrons. The summed E-state index contributed by atoms with van der Waals surface area (Å²) in [5.41, 5.74) is 1.58. The molecule has 1 unspecified atom stereocenters. The van der Waals surface area contributed by atoms with Crippen LogP contribution in [0.5, 0.6) is 0 Å². The largest absolute Gasteiger partial charge is 0.383 e. The number of amides is 3. The lowest BCUT2D eigenvalue weighted by Gasteiger charge is -2.28. The lowest BCUT2D eigenvalue weighted by molar-refractivity contribution is -0.133. The summed E-state index contributed by atoms with van der Waals surface area (Å²) in [6.07, 6.45) is 0. The quantitative estimate of drug-likeness (QED) is 0.597. The van der Waals surface area contributed by atoms with Crippen molar-refractivity contribution < 1.29 is 19.1 Å². The van der Waals surface area contributed by atoms with Crippen LogP contribution in [0.15, 0.2) is 54.6 Å². The van der Waals surface area contributed by atoms with Crippen LogP contribution in [0.3, 0.4) is 0 Å². The van der Waals surface area contributed by atoms with Gasteiger partial charge in [0.05, 0.1) is 17.9 Å². The number of carbonyl (C=O) groups is 3. The van der Waals surface area contributed by atoms with Gasteiger partial charge in [0.2, 0.25) is 0 Å². The van der Waals surface area contributed by atoms with E-state index in [0.29, 0.717) is 17.9 Å². The van der Waals surface area contributed by atoms with Gasteiger partial charge in [0.15, 0.2) is 6.04 Å². The highest BCUT2D eigenvalue weighted by Gasteiger charge is 2.39.